The van der Waals surface area contributed by atoms with E-state index in [0.717, 1.165) is 5.56 Å². The van der Waals surface area contributed by atoms with Gasteiger partial charge in [-0.1, -0.05) is 12.1 Å². The number of cyclic esters (lactones) is 1. The molecule has 1 amide bonds. The van der Waals surface area contributed by atoms with Crippen LogP contribution in [0.2, 0.25) is 0 Å². The number of carbonyl (C=O) groups excluding carboxylic acids is 1. The first kappa shape index (κ1) is 15.8. The van der Waals surface area contributed by atoms with Crippen molar-refractivity contribution in [2.24, 2.45) is 0 Å². The summed E-state index contributed by atoms with van der Waals surface area (Å²) in [4.78, 5) is 13.2. The van der Waals surface area contributed by atoms with Crippen LogP contribution in [-0.2, 0) is 11.3 Å². The van der Waals surface area contributed by atoms with Gasteiger partial charge in [0.2, 0.25) is 0 Å². The molecule has 1 heterocycles. The largest absolute Gasteiger partial charge is 0.489 e. The Kier molecular flexibility index (Phi) is 4.64. The average molecular weight is 324 g/mol. The lowest BCUT2D eigenvalue weighted by Crippen LogP contribution is -2.25. The van der Waals surface area contributed by atoms with E-state index in [1.54, 1.807) is 36.4 Å². The minimum atomic E-state index is -0.485. The van der Waals surface area contributed by atoms with Gasteiger partial charge in [-0.3, -0.25) is 4.90 Å². The third-order valence-corrected chi connectivity index (χ3v) is 3.69. The molecule has 24 heavy (non-hydrogen) atoms. The molecule has 0 radical (unpaired) electrons. The Balaban J connectivity index is 1.62. The Morgan fingerprint density at radius 1 is 1.29 bits per heavy atom. The Bertz CT molecular complexity index is 767. The Morgan fingerprint density at radius 3 is 2.75 bits per heavy atom. The highest BCUT2D eigenvalue weighted by Crippen LogP contribution is 2.24. The van der Waals surface area contributed by atoms with Crippen molar-refractivity contribution in [1.82, 2.24) is 0 Å². The van der Waals surface area contributed by atoms with Crippen LogP contribution in [0, 0.1) is 11.3 Å². The maximum Gasteiger partial charge on any atom is 0.414 e. The first-order valence-electron chi connectivity index (χ1n) is 7.50. The number of anilines is 1. The van der Waals surface area contributed by atoms with E-state index in [1.807, 2.05) is 12.1 Å². The molecule has 1 aliphatic heterocycles. The number of benzene rings is 2. The number of rotatable bonds is 5. The van der Waals surface area contributed by atoms with Gasteiger partial charge in [0.25, 0.3) is 0 Å². The van der Waals surface area contributed by atoms with E-state index < -0.39 is 12.2 Å². The highest BCUT2D eigenvalue weighted by atomic mass is 16.6. The van der Waals surface area contributed by atoms with Gasteiger partial charge in [-0.25, -0.2) is 4.79 Å². The van der Waals surface area contributed by atoms with Gasteiger partial charge >= 0.3 is 6.09 Å². The minimum absolute atomic E-state index is 0.189. The van der Waals surface area contributed by atoms with Crippen molar-refractivity contribution >= 4 is 11.8 Å². The molecule has 0 saturated carbocycles. The molecule has 122 valence electrons. The van der Waals surface area contributed by atoms with E-state index in [4.69, 9.17) is 19.8 Å². The van der Waals surface area contributed by atoms with E-state index in [2.05, 4.69) is 6.07 Å². The molecule has 1 saturated heterocycles. The van der Waals surface area contributed by atoms with Crippen LogP contribution >= 0.6 is 0 Å². The third kappa shape index (κ3) is 3.47. The second-order valence-corrected chi connectivity index (χ2v) is 5.39. The van der Waals surface area contributed by atoms with E-state index in [-0.39, 0.29) is 6.61 Å². The lowest BCUT2D eigenvalue weighted by molar-refractivity contribution is 0.0963. The summed E-state index contributed by atoms with van der Waals surface area (Å²) in [6.07, 6.45) is -0.947. The first-order valence-corrected chi connectivity index (χ1v) is 7.50. The maximum atomic E-state index is 11.7. The van der Waals surface area contributed by atoms with Crippen molar-refractivity contribution in [2.75, 3.05) is 18.1 Å². The smallest absolute Gasteiger partial charge is 0.414 e. The normalized spacial score (nSPS) is 16.6. The summed E-state index contributed by atoms with van der Waals surface area (Å²) in [5.41, 5.74) is 2.19. The number of carbonyl (C=O) groups is 1. The predicted molar refractivity (Wildman–Crippen MR) is 86.6 cm³/mol. The van der Waals surface area contributed by atoms with Gasteiger partial charge in [0.05, 0.1) is 24.8 Å². The third-order valence-electron chi connectivity index (χ3n) is 3.69. The highest BCUT2D eigenvalue weighted by Gasteiger charge is 2.31. The summed E-state index contributed by atoms with van der Waals surface area (Å²) in [5.74, 6) is 0.660. The van der Waals surface area contributed by atoms with Crippen LogP contribution in [0.25, 0.3) is 0 Å². The summed E-state index contributed by atoms with van der Waals surface area (Å²) in [6, 6.07) is 16.4. The molecule has 1 fully saturated rings. The van der Waals surface area contributed by atoms with Crippen molar-refractivity contribution < 1.29 is 19.4 Å². The Morgan fingerprint density at radius 2 is 2.08 bits per heavy atom. The molecule has 6 nitrogen and oxygen atoms in total. The molecule has 0 aromatic heterocycles. The monoisotopic (exact) mass is 324 g/mol. The van der Waals surface area contributed by atoms with Gasteiger partial charge in [-0.05, 0) is 42.0 Å². The highest BCUT2D eigenvalue weighted by molar-refractivity contribution is 5.89. The predicted octanol–water partition coefficient (Wildman–Crippen LogP) is 2.45. The molecule has 1 atom stereocenters. The zero-order valence-electron chi connectivity index (χ0n) is 12.9. The second-order valence-electron chi connectivity index (χ2n) is 5.39. The number of nitrogens with zero attached hydrogens (tertiary/aromatic N) is 2. The van der Waals surface area contributed by atoms with Crippen LogP contribution in [0.1, 0.15) is 11.1 Å². The molecule has 0 bridgehead atoms. The van der Waals surface area contributed by atoms with Crippen LogP contribution in [0.3, 0.4) is 0 Å². The molecular weight excluding hydrogens is 308 g/mol. The minimum Gasteiger partial charge on any atom is -0.489 e. The molecule has 3 rings (SSSR count). The van der Waals surface area contributed by atoms with Gasteiger partial charge in [-0.15, -0.1) is 0 Å². The summed E-state index contributed by atoms with van der Waals surface area (Å²) >= 11 is 0. The fourth-order valence-corrected chi connectivity index (χ4v) is 2.45. The van der Waals surface area contributed by atoms with E-state index in [1.165, 1.54) is 4.90 Å². The molecule has 0 aliphatic carbocycles. The van der Waals surface area contributed by atoms with Crippen molar-refractivity contribution in [3.05, 3.63) is 59.7 Å². The molecule has 6 heteroatoms. The van der Waals surface area contributed by atoms with Gasteiger partial charge in [0.15, 0.2) is 0 Å². The van der Waals surface area contributed by atoms with Gasteiger partial charge in [0, 0.05) is 5.69 Å². The zero-order valence-corrected chi connectivity index (χ0v) is 12.9. The number of hydrogen-bond donors (Lipinski definition) is 1. The van der Waals surface area contributed by atoms with Crippen molar-refractivity contribution in [3.8, 4) is 11.8 Å². The van der Waals surface area contributed by atoms with Crippen LogP contribution in [-0.4, -0.2) is 30.5 Å². The number of hydrogen-bond acceptors (Lipinski definition) is 5. The number of aliphatic hydroxyl groups excluding tert-OH is 1. The number of ether oxygens (including phenoxy) is 2. The molecule has 1 N–H and O–H groups in total. The number of nitriles is 1. The van der Waals surface area contributed by atoms with E-state index >= 15 is 0 Å². The van der Waals surface area contributed by atoms with Crippen molar-refractivity contribution in [3.63, 3.8) is 0 Å². The number of aliphatic hydroxyl groups is 1. The number of amides is 1. The lowest BCUT2D eigenvalue weighted by atomic mass is 10.1. The van der Waals surface area contributed by atoms with Crippen LogP contribution in [0.5, 0.6) is 5.75 Å². The first-order chi connectivity index (χ1) is 11.7. The van der Waals surface area contributed by atoms with Crippen LogP contribution < -0.4 is 9.64 Å². The SMILES string of the molecule is N#Cc1cccc(COc2ccc(N3CC(CO)OC3=O)cc2)c1. The zero-order chi connectivity index (χ0) is 16.9. The fraction of sp³-hybridized carbons (Fsp3) is 0.222. The summed E-state index contributed by atoms with van der Waals surface area (Å²) in [7, 11) is 0. The van der Waals surface area contributed by atoms with Crippen molar-refractivity contribution in [1.29, 1.82) is 5.26 Å². The quantitative estimate of drug-likeness (QED) is 0.913. The fourth-order valence-electron chi connectivity index (χ4n) is 2.45. The summed E-state index contributed by atoms with van der Waals surface area (Å²) in [5, 5.41) is 18.0. The Labute approximate surface area is 139 Å². The van der Waals surface area contributed by atoms with Gasteiger partial charge in [0.1, 0.15) is 18.5 Å². The molecule has 1 aliphatic rings. The molecule has 2 aromatic carbocycles. The second kappa shape index (κ2) is 7.02. The van der Waals surface area contributed by atoms with Gasteiger partial charge < -0.3 is 14.6 Å². The van der Waals surface area contributed by atoms with Crippen LogP contribution in [0.4, 0.5) is 10.5 Å². The Hall–Kier alpha value is -3.04. The van der Waals surface area contributed by atoms with E-state index in [9.17, 15) is 4.79 Å². The standard InChI is InChI=1S/C18H16N2O4/c19-9-13-2-1-3-14(8-13)12-23-16-6-4-15(5-7-16)20-10-17(11-21)24-18(20)22/h1-8,17,21H,10-12H2. The molecule has 0 spiro atoms. The van der Waals surface area contributed by atoms with E-state index in [0.29, 0.717) is 30.2 Å². The maximum absolute atomic E-state index is 11.7. The molecule has 2 aromatic rings. The topological polar surface area (TPSA) is 82.8 Å². The molecular formula is C18H16N2O4. The average Bonchev–Trinajstić information content (AvgIpc) is 3.01. The summed E-state index contributed by atoms with van der Waals surface area (Å²) < 4.78 is 10.7. The lowest BCUT2D eigenvalue weighted by Gasteiger charge is -2.13. The van der Waals surface area contributed by atoms with Crippen LogP contribution in [0.15, 0.2) is 48.5 Å². The van der Waals surface area contributed by atoms with Gasteiger partial charge in [-0.2, -0.15) is 5.26 Å². The molecule has 1 unspecified atom stereocenters. The summed E-state index contributed by atoms with van der Waals surface area (Å²) in [6.45, 7) is 0.495. The van der Waals surface area contributed by atoms with Crippen molar-refractivity contribution in [2.45, 2.75) is 12.7 Å².